The van der Waals surface area contributed by atoms with E-state index in [9.17, 15) is 9.18 Å². The quantitative estimate of drug-likeness (QED) is 0.274. The van der Waals surface area contributed by atoms with Crippen molar-refractivity contribution in [2.45, 2.75) is 13.8 Å². The highest BCUT2D eigenvalue weighted by Crippen LogP contribution is 2.31. The molecule has 1 amide bonds. The van der Waals surface area contributed by atoms with Crippen LogP contribution in [0.3, 0.4) is 0 Å². The molecule has 0 spiro atoms. The van der Waals surface area contributed by atoms with Crippen LogP contribution >= 0.6 is 34.2 Å². The normalized spacial score (nSPS) is 10.7. The van der Waals surface area contributed by atoms with E-state index in [1.165, 1.54) is 16.8 Å². The van der Waals surface area contributed by atoms with E-state index in [0.29, 0.717) is 22.1 Å². The summed E-state index contributed by atoms with van der Waals surface area (Å²) in [5.74, 6) is -1.37. The van der Waals surface area contributed by atoms with E-state index in [4.69, 9.17) is 16.8 Å². The molecule has 6 nitrogen and oxygen atoms in total. The lowest BCUT2D eigenvalue weighted by Gasteiger charge is -2.15. The zero-order valence-electron chi connectivity index (χ0n) is 14.3. The second-order valence-corrected chi connectivity index (χ2v) is 7.53. The Hall–Kier alpha value is -2.17. The number of halogens is 3. The number of aromatic nitrogens is 2. The maximum absolute atomic E-state index is 14.8. The van der Waals surface area contributed by atoms with Crippen molar-refractivity contribution in [2.75, 3.05) is 5.32 Å². The van der Waals surface area contributed by atoms with Gasteiger partial charge in [-0.05, 0) is 66.8 Å². The van der Waals surface area contributed by atoms with Crippen LogP contribution in [0.25, 0.3) is 5.69 Å². The molecule has 0 aliphatic carbocycles. The molecule has 3 aromatic rings. The number of benzene rings is 2. The van der Waals surface area contributed by atoms with Gasteiger partial charge in [0, 0.05) is 15.3 Å². The summed E-state index contributed by atoms with van der Waals surface area (Å²) in [6.45, 7) is 3.57. The van der Waals surface area contributed by atoms with E-state index in [0.717, 1.165) is 3.57 Å². The van der Waals surface area contributed by atoms with Gasteiger partial charge < -0.3 is 5.32 Å². The zero-order valence-corrected chi connectivity index (χ0v) is 17.3. The number of anilines is 2. The Labute approximate surface area is 173 Å². The van der Waals surface area contributed by atoms with Crippen LogP contribution in [0.5, 0.6) is 0 Å². The van der Waals surface area contributed by atoms with Crippen molar-refractivity contribution in [3.05, 3.63) is 67.8 Å². The lowest BCUT2D eigenvalue weighted by Crippen LogP contribution is -2.21. The number of aryl methyl sites for hydroxylation is 2. The Kier molecular flexibility index (Phi) is 5.68. The van der Waals surface area contributed by atoms with Crippen molar-refractivity contribution in [1.29, 1.82) is 0 Å². The minimum absolute atomic E-state index is 0.0380. The fourth-order valence-electron chi connectivity index (χ4n) is 2.68. The average Bonchev–Trinajstić information content (AvgIpc) is 2.95. The smallest absolute Gasteiger partial charge is 0.276 e. The monoisotopic (exact) mass is 500 g/mol. The molecule has 0 saturated heterocycles. The van der Waals surface area contributed by atoms with Gasteiger partial charge >= 0.3 is 0 Å². The van der Waals surface area contributed by atoms with Gasteiger partial charge in [-0.25, -0.2) is 14.6 Å². The highest BCUT2D eigenvalue weighted by atomic mass is 127. The highest BCUT2D eigenvalue weighted by molar-refractivity contribution is 14.1. The van der Waals surface area contributed by atoms with Crippen LogP contribution in [0.4, 0.5) is 15.8 Å². The number of nitrogens with zero attached hydrogens (tertiary/aromatic N) is 2. The largest absolute Gasteiger partial charge is 0.354 e. The molecule has 0 unspecified atom stereocenters. The van der Waals surface area contributed by atoms with Crippen LogP contribution in [-0.2, 0) is 0 Å². The molecule has 9 heteroatoms. The summed E-state index contributed by atoms with van der Waals surface area (Å²) in [5, 5.41) is 16.7. The van der Waals surface area contributed by atoms with E-state index < -0.39 is 11.7 Å². The van der Waals surface area contributed by atoms with Gasteiger partial charge in [0.05, 0.1) is 27.7 Å². The molecule has 3 rings (SSSR count). The molecule has 1 aromatic heterocycles. The summed E-state index contributed by atoms with van der Waals surface area (Å²) in [6.07, 6.45) is 0. The topological polar surface area (TPSA) is 79.2 Å². The molecule has 0 saturated carbocycles. The van der Waals surface area contributed by atoms with Gasteiger partial charge in [-0.1, -0.05) is 11.6 Å². The Balaban J connectivity index is 2.12. The van der Waals surface area contributed by atoms with Gasteiger partial charge in [0.25, 0.3) is 5.91 Å². The molecule has 3 N–H and O–H groups in total. The zero-order chi connectivity index (χ0) is 19.7. The number of rotatable bonds is 4. The van der Waals surface area contributed by atoms with Crippen LogP contribution < -0.4 is 10.8 Å². The van der Waals surface area contributed by atoms with E-state index in [2.05, 4.69) is 33.0 Å². The molecule has 0 aliphatic rings. The minimum Gasteiger partial charge on any atom is -0.354 e. The Bertz CT molecular complexity index is 1040. The average molecular weight is 501 g/mol. The number of amides is 1. The summed E-state index contributed by atoms with van der Waals surface area (Å²) in [5.41, 5.74) is 3.81. The molecule has 0 atom stereocenters. The Morgan fingerprint density at radius 1 is 1.22 bits per heavy atom. The molecule has 140 valence electrons. The van der Waals surface area contributed by atoms with Crippen LogP contribution in [0.1, 0.15) is 21.7 Å². The fraction of sp³-hybridized carbons (Fsp3) is 0.111. The third kappa shape index (κ3) is 4.07. The number of hydrogen-bond donors (Lipinski definition) is 3. The summed E-state index contributed by atoms with van der Waals surface area (Å²) >= 11 is 8.33. The minimum atomic E-state index is -0.790. The maximum Gasteiger partial charge on any atom is 0.276 e. The second kappa shape index (κ2) is 7.83. The standard InChI is InChI=1S/C18H15ClFIN4O2/c1-9-5-10(2)25(23-9)17-7-12(18(26)24-27)16(8-14(17)20)22-15-4-3-11(21)6-13(15)19/h3-8,22,27H,1-2H3,(H,24,26). The van der Waals surface area contributed by atoms with Gasteiger partial charge in [0.2, 0.25) is 0 Å². The number of carbonyl (C=O) groups is 1. The first-order valence-corrected chi connectivity index (χ1v) is 9.29. The van der Waals surface area contributed by atoms with E-state index in [-0.39, 0.29) is 16.9 Å². The molecular formula is C18H15ClFIN4O2. The van der Waals surface area contributed by atoms with Crippen molar-refractivity contribution >= 4 is 51.5 Å². The molecule has 27 heavy (non-hydrogen) atoms. The maximum atomic E-state index is 14.8. The first kappa shape index (κ1) is 19.6. The summed E-state index contributed by atoms with van der Waals surface area (Å²) in [7, 11) is 0. The number of carbonyl (C=O) groups excluding carboxylic acids is 1. The molecule has 1 heterocycles. The van der Waals surface area contributed by atoms with Crippen LogP contribution in [-0.4, -0.2) is 20.9 Å². The Morgan fingerprint density at radius 2 is 1.96 bits per heavy atom. The van der Waals surface area contributed by atoms with Crippen molar-refractivity contribution < 1.29 is 14.4 Å². The predicted octanol–water partition coefficient (Wildman–Crippen LogP) is 4.75. The summed E-state index contributed by atoms with van der Waals surface area (Å²) in [6, 6.07) is 9.56. The third-order valence-electron chi connectivity index (χ3n) is 3.87. The van der Waals surface area contributed by atoms with Crippen LogP contribution in [0, 0.1) is 23.2 Å². The van der Waals surface area contributed by atoms with Gasteiger partial charge in [-0.3, -0.25) is 10.0 Å². The molecule has 2 aromatic carbocycles. The van der Waals surface area contributed by atoms with Crippen molar-refractivity contribution in [2.24, 2.45) is 0 Å². The lowest BCUT2D eigenvalue weighted by atomic mass is 10.1. The van der Waals surface area contributed by atoms with Gasteiger partial charge in [0.1, 0.15) is 5.69 Å². The highest BCUT2D eigenvalue weighted by Gasteiger charge is 2.19. The van der Waals surface area contributed by atoms with Crippen LogP contribution in [0.15, 0.2) is 36.4 Å². The van der Waals surface area contributed by atoms with E-state index in [1.807, 2.05) is 6.07 Å². The summed E-state index contributed by atoms with van der Waals surface area (Å²) in [4.78, 5) is 12.2. The van der Waals surface area contributed by atoms with Gasteiger partial charge in [-0.15, -0.1) is 0 Å². The van der Waals surface area contributed by atoms with Crippen molar-refractivity contribution in [3.63, 3.8) is 0 Å². The van der Waals surface area contributed by atoms with E-state index >= 15 is 0 Å². The molecule has 0 aliphatic heterocycles. The lowest BCUT2D eigenvalue weighted by molar-refractivity contribution is 0.0707. The predicted molar refractivity (Wildman–Crippen MR) is 110 cm³/mol. The van der Waals surface area contributed by atoms with E-state index in [1.54, 1.807) is 37.5 Å². The number of hydrogen-bond acceptors (Lipinski definition) is 4. The van der Waals surface area contributed by atoms with Crippen molar-refractivity contribution in [1.82, 2.24) is 15.3 Å². The SMILES string of the molecule is Cc1cc(C)n(-c2cc(C(=O)NO)c(Nc3ccc(I)cc3Cl)cc2F)n1. The van der Waals surface area contributed by atoms with Crippen LogP contribution in [0.2, 0.25) is 5.02 Å². The number of nitrogens with one attached hydrogen (secondary N) is 2. The first-order chi connectivity index (χ1) is 12.8. The molecule has 0 radical (unpaired) electrons. The van der Waals surface area contributed by atoms with Gasteiger partial charge in [-0.2, -0.15) is 5.10 Å². The third-order valence-corrected chi connectivity index (χ3v) is 4.86. The first-order valence-electron chi connectivity index (χ1n) is 7.84. The molecule has 0 bridgehead atoms. The van der Waals surface area contributed by atoms with Crippen molar-refractivity contribution in [3.8, 4) is 5.69 Å². The molecule has 0 fully saturated rings. The van der Waals surface area contributed by atoms with Gasteiger partial charge in [0.15, 0.2) is 5.82 Å². The second-order valence-electron chi connectivity index (χ2n) is 5.88. The number of hydroxylamine groups is 1. The molecular weight excluding hydrogens is 486 g/mol. The summed E-state index contributed by atoms with van der Waals surface area (Å²) < 4.78 is 17.1. The fourth-order valence-corrected chi connectivity index (χ4v) is 3.59. The Morgan fingerprint density at radius 3 is 2.56 bits per heavy atom.